The van der Waals surface area contributed by atoms with E-state index in [9.17, 15) is 4.79 Å². The predicted molar refractivity (Wildman–Crippen MR) is 134 cm³/mol. The fourth-order valence-corrected chi connectivity index (χ4v) is 3.55. The zero-order chi connectivity index (χ0) is 23.2. The summed E-state index contributed by atoms with van der Waals surface area (Å²) in [5.41, 5.74) is 7.18. The van der Waals surface area contributed by atoms with E-state index in [0.717, 1.165) is 27.0 Å². The Hall–Kier alpha value is -3.71. The third-order valence-corrected chi connectivity index (χ3v) is 5.63. The number of hydrogen-bond donors (Lipinski definition) is 1. The molecule has 7 heteroatoms. The molecular weight excluding hydrogens is 480 g/mol. The van der Waals surface area contributed by atoms with Crippen LogP contribution in [-0.4, -0.2) is 28.0 Å². The molecule has 0 aliphatic carbocycles. The lowest BCUT2D eigenvalue weighted by Gasteiger charge is -2.13. The van der Waals surface area contributed by atoms with Gasteiger partial charge in [0.15, 0.2) is 6.10 Å². The molecule has 0 fully saturated rings. The van der Waals surface area contributed by atoms with Gasteiger partial charge in [-0.05, 0) is 54.0 Å². The summed E-state index contributed by atoms with van der Waals surface area (Å²) < 4.78 is 8.31. The highest BCUT2D eigenvalue weighted by Crippen LogP contribution is 2.25. The first-order valence-electron chi connectivity index (χ1n) is 10.5. The summed E-state index contributed by atoms with van der Waals surface area (Å²) in [6.45, 7) is 3.72. The lowest BCUT2D eigenvalue weighted by atomic mass is 10.1. The number of para-hydroxylation sites is 2. The van der Waals surface area contributed by atoms with Crippen molar-refractivity contribution in [3.8, 4) is 22.7 Å². The van der Waals surface area contributed by atoms with Crippen molar-refractivity contribution in [3.05, 3.63) is 101 Å². The highest BCUT2D eigenvalue weighted by Gasteiger charge is 2.16. The third kappa shape index (κ3) is 5.56. The summed E-state index contributed by atoms with van der Waals surface area (Å²) in [5.74, 6) is 0.240. The lowest BCUT2D eigenvalue weighted by Crippen LogP contribution is -2.33. The molecule has 33 heavy (non-hydrogen) atoms. The van der Waals surface area contributed by atoms with E-state index in [2.05, 4.69) is 26.5 Å². The van der Waals surface area contributed by atoms with Crippen LogP contribution in [0.25, 0.3) is 16.9 Å². The summed E-state index contributed by atoms with van der Waals surface area (Å²) in [5, 5.41) is 8.93. The molecule has 0 radical (unpaired) electrons. The minimum Gasteiger partial charge on any atom is -0.480 e. The van der Waals surface area contributed by atoms with Crippen LogP contribution < -0.4 is 10.2 Å². The summed E-state index contributed by atoms with van der Waals surface area (Å²) in [6.07, 6.45) is 2.77. The van der Waals surface area contributed by atoms with Gasteiger partial charge >= 0.3 is 0 Å². The van der Waals surface area contributed by atoms with Crippen molar-refractivity contribution in [2.24, 2.45) is 5.10 Å². The van der Waals surface area contributed by atoms with Crippen LogP contribution >= 0.6 is 15.9 Å². The number of halogens is 1. The van der Waals surface area contributed by atoms with Gasteiger partial charge in [-0.25, -0.2) is 10.1 Å². The molecule has 166 valence electrons. The summed E-state index contributed by atoms with van der Waals surface area (Å²) in [7, 11) is 0. The van der Waals surface area contributed by atoms with E-state index in [1.165, 1.54) is 5.56 Å². The molecule has 4 aromatic rings. The van der Waals surface area contributed by atoms with E-state index in [-0.39, 0.29) is 5.91 Å². The SMILES string of the molecule is Cc1ccc(-c2nn(-c3ccccc3)cc2/C=N\NC(=O)[C@H](C)Oc2ccccc2Br)cc1. The van der Waals surface area contributed by atoms with E-state index in [1.54, 1.807) is 23.9 Å². The standard InChI is InChI=1S/C26H23BrN4O2/c1-18-12-14-20(15-13-18)25-21(17-31(30-25)22-8-4-3-5-9-22)16-28-29-26(32)19(2)33-24-11-7-6-10-23(24)27/h3-17,19H,1-2H3,(H,29,32)/b28-16-/t19-/m0/s1. The second-order valence-corrected chi connectivity index (χ2v) is 8.36. The van der Waals surface area contributed by atoms with E-state index in [1.807, 2.05) is 85.9 Å². The predicted octanol–water partition coefficient (Wildman–Crippen LogP) is 5.53. The van der Waals surface area contributed by atoms with Gasteiger partial charge in [0.25, 0.3) is 5.91 Å². The number of benzene rings is 3. The van der Waals surface area contributed by atoms with E-state index < -0.39 is 6.10 Å². The molecule has 1 heterocycles. The zero-order valence-corrected chi connectivity index (χ0v) is 19.9. The van der Waals surface area contributed by atoms with Crippen LogP contribution in [0.1, 0.15) is 18.1 Å². The molecule has 0 aliphatic heterocycles. The summed E-state index contributed by atoms with van der Waals surface area (Å²) in [6, 6.07) is 25.4. The minimum absolute atomic E-state index is 0.352. The number of hydrogen-bond acceptors (Lipinski definition) is 4. The van der Waals surface area contributed by atoms with Gasteiger partial charge in [-0.2, -0.15) is 10.2 Å². The highest BCUT2D eigenvalue weighted by molar-refractivity contribution is 9.10. The Bertz CT molecular complexity index is 1270. The Morgan fingerprint density at radius 1 is 1.06 bits per heavy atom. The number of rotatable bonds is 7. The largest absolute Gasteiger partial charge is 0.480 e. The molecule has 6 nitrogen and oxygen atoms in total. The Balaban J connectivity index is 1.53. The van der Waals surface area contributed by atoms with Gasteiger partial charge < -0.3 is 4.74 Å². The molecule has 1 amide bonds. The van der Waals surface area contributed by atoms with Gasteiger partial charge in [-0.1, -0.05) is 60.2 Å². The molecule has 0 bridgehead atoms. The maximum Gasteiger partial charge on any atom is 0.280 e. The van der Waals surface area contributed by atoms with Crippen LogP contribution in [0.2, 0.25) is 0 Å². The lowest BCUT2D eigenvalue weighted by molar-refractivity contribution is -0.127. The van der Waals surface area contributed by atoms with Crippen molar-refractivity contribution in [3.63, 3.8) is 0 Å². The van der Waals surface area contributed by atoms with Gasteiger partial charge in [0.2, 0.25) is 0 Å². The van der Waals surface area contributed by atoms with Gasteiger partial charge in [-0.3, -0.25) is 4.79 Å². The average Bonchev–Trinajstić information content (AvgIpc) is 3.25. The zero-order valence-electron chi connectivity index (χ0n) is 18.3. The molecule has 0 saturated carbocycles. The van der Waals surface area contributed by atoms with Crippen LogP contribution in [0.15, 0.2) is 94.6 Å². The third-order valence-electron chi connectivity index (χ3n) is 4.98. The van der Waals surface area contributed by atoms with Crippen LogP contribution in [0.5, 0.6) is 5.75 Å². The van der Waals surface area contributed by atoms with Crippen molar-refractivity contribution in [1.82, 2.24) is 15.2 Å². The summed E-state index contributed by atoms with van der Waals surface area (Å²) in [4.78, 5) is 12.5. The Morgan fingerprint density at radius 2 is 1.76 bits per heavy atom. The number of aryl methyl sites for hydroxylation is 1. The fourth-order valence-electron chi connectivity index (χ4n) is 3.17. The first-order chi connectivity index (χ1) is 16.0. The monoisotopic (exact) mass is 502 g/mol. The normalized spacial score (nSPS) is 12.0. The Labute approximate surface area is 201 Å². The smallest absolute Gasteiger partial charge is 0.280 e. The maximum atomic E-state index is 12.5. The molecule has 0 unspecified atom stereocenters. The maximum absolute atomic E-state index is 12.5. The Morgan fingerprint density at radius 3 is 2.48 bits per heavy atom. The van der Waals surface area contributed by atoms with Crippen molar-refractivity contribution < 1.29 is 9.53 Å². The minimum atomic E-state index is -0.718. The number of aromatic nitrogens is 2. The Kier molecular flexibility index (Phi) is 7.00. The quantitative estimate of drug-likeness (QED) is 0.267. The van der Waals surface area contributed by atoms with Gasteiger partial charge in [0, 0.05) is 17.3 Å². The van der Waals surface area contributed by atoms with E-state index in [4.69, 9.17) is 9.84 Å². The van der Waals surface area contributed by atoms with Gasteiger partial charge in [0.1, 0.15) is 11.4 Å². The molecule has 4 rings (SSSR count). The van der Waals surface area contributed by atoms with Crippen LogP contribution in [0, 0.1) is 6.92 Å². The molecule has 3 aromatic carbocycles. The van der Waals surface area contributed by atoms with Crippen LogP contribution in [0.3, 0.4) is 0 Å². The second-order valence-electron chi connectivity index (χ2n) is 7.50. The highest BCUT2D eigenvalue weighted by atomic mass is 79.9. The molecule has 1 N–H and O–H groups in total. The van der Waals surface area contributed by atoms with Crippen molar-refractivity contribution in [1.29, 1.82) is 0 Å². The first-order valence-corrected chi connectivity index (χ1v) is 11.3. The molecular formula is C26H23BrN4O2. The first kappa shape index (κ1) is 22.5. The number of nitrogens with zero attached hydrogens (tertiary/aromatic N) is 3. The number of amides is 1. The number of ether oxygens (including phenoxy) is 1. The number of nitrogens with one attached hydrogen (secondary N) is 1. The molecule has 1 atom stereocenters. The topological polar surface area (TPSA) is 68.5 Å². The molecule has 0 aliphatic rings. The number of hydrazone groups is 1. The molecule has 0 spiro atoms. The average molecular weight is 503 g/mol. The molecule has 1 aromatic heterocycles. The van der Waals surface area contributed by atoms with Crippen molar-refractivity contribution in [2.75, 3.05) is 0 Å². The van der Waals surface area contributed by atoms with Crippen LogP contribution in [-0.2, 0) is 4.79 Å². The molecule has 0 saturated heterocycles. The number of carbonyl (C=O) groups excluding carboxylic acids is 1. The van der Waals surface area contributed by atoms with Gasteiger partial charge in [0.05, 0.1) is 16.4 Å². The second kappa shape index (κ2) is 10.3. The van der Waals surface area contributed by atoms with Crippen LogP contribution in [0.4, 0.5) is 0 Å². The number of carbonyl (C=O) groups is 1. The fraction of sp³-hybridized carbons (Fsp3) is 0.115. The van der Waals surface area contributed by atoms with Crippen molar-refractivity contribution in [2.45, 2.75) is 20.0 Å². The summed E-state index contributed by atoms with van der Waals surface area (Å²) >= 11 is 3.42. The van der Waals surface area contributed by atoms with E-state index >= 15 is 0 Å². The van der Waals surface area contributed by atoms with E-state index in [0.29, 0.717) is 5.75 Å². The van der Waals surface area contributed by atoms with Gasteiger partial charge in [-0.15, -0.1) is 0 Å². The van der Waals surface area contributed by atoms with Crippen molar-refractivity contribution >= 4 is 28.1 Å².